The number of nitrogens with zero attached hydrogens (tertiary/aromatic N) is 3. The van der Waals surface area contributed by atoms with Gasteiger partial charge in [0.05, 0.1) is 5.56 Å². The Kier molecular flexibility index (Phi) is 4.18. The number of H-pyrrole nitrogens is 1. The van der Waals surface area contributed by atoms with Crippen molar-refractivity contribution in [1.29, 1.82) is 0 Å². The number of aromatic nitrogens is 4. The number of aliphatic hydroxyl groups is 1. The van der Waals surface area contributed by atoms with Gasteiger partial charge in [0.1, 0.15) is 17.5 Å². The van der Waals surface area contributed by atoms with E-state index in [1.807, 2.05) is 7.05 Å². The molecule has 0 aromatic carbocycles. The van der Waals surface area contributed by atoms with Crippen molar-refractivity contribution < 1.29 is 9.90 Å². The maximum Gasteiger partial charge on any atom is 0.266 e. The van der Waals surface area contributed by atoms with Crippen LogP contribution in [0.2, 0.25) is 5.02 Å². The van der Waals surface area contributed by atoms with E-state index >= 15 is 0 Å². The molecular formula is C14H16ClN5O3. The SMILES string of the molecule is Cn1c(CO)nnc1C1CC(NC(=O)c2c[nH]c(=O)c(Cl)c2)C1. The van der Waals surface area contributed by atoms with E-state index in [2.05, 4.69) is 20.5 Å². The Morgan fingerprint density at radius 1 is 1.52 bits per heavy atom. The van der Waals surface area contributed by atoms with Crippen molar-refractivity contribution in [3.8, 4) is 0 Å². The van der Waals surface area contributed by atoms with Crippen molar-refractivity contribution >= 4 is 17.5 Å². The Labute approximate surface area is 136 Å². The summed E-state index contributed by atoms with van der Waals surface area (Å²) >= 11 is 5.72. The maximum atomic E-state index is 12.1. The Balaban J connectivity index is 1.59. The summed E-state index contributed by atoms with van der Waals surface area (Å²) in [5.74, 6) is 1.26. The number of halogens is 1. The lowest BCUT2D eigenvalue weighted by Gasteiger charge is -2.35. The van der Waals surface area contributed by atoms with Crippen LogP contribution >= 0.6 is 11.6 Å². The number of hydrogen-bond donors (Lipinski definition) is 3. The van der Waals surface area contributed by atoms with Crippen molar-refractivity contribution in [2.24, 2.45) is 7.05 Å². The fourth-order valence-electron chi connectivity index (χ4n) is 2.67. The van der Waals surface area contributed by atoms with Crippen LogP contribution in [0.15, 0.2) is 17.1 Å². The van der Waals surface area contributed by atoms with Crippen molar-refractivity contribution in [3.05, 3.63) is 44.9 Å². The van der Waals surface area contributed by atoms with E-state index < -0.39 is 5.56 Å². The first-order valence-electron chi connectivity index (χ1n) is 7.17. The fourth-order valence-corrected chi connectivity index (χ4v) is 2.84. The number of carbonyl (C=O) groups excluding carboxylic acids is 1. The topological polar surface area (TPSA) is 113 Å². The minimum atomic E-state index is -0.422. The summed E-state index contributed by atoms with van der Waals surface area (Å²) in [6, 6.07) is 1.38. The van der Waals surface area contributed by atoms with E-state index in [4.69, 9.17) is 16.7 Å². The normalized spacial score (nSPS) is 20.1. The van der Waals surface area contributed by atoms with Gasteiger partial charge < -0.3 is 20.0 Å². The Hall–Kier alpha value is -2.19. The third-order valence-electron chi connectivity index (χ3n) is 4.10. The molecule has 1 saturated carbocycles. The summed E-state index contributed by atoms with van der Waals surface area (Å²) in [7, 11) is 1.81. The molecule has 2 aromatic heterocycles. The van der Waals surface area contributed by atoms with Gasteiger partial charge in [0.15, 0.2) is 5.82 Å². The zero-order valence-corrected chi connectivity index (χ0v) is 13.2. The number of aliphatic hydroxyl groups excluding tert-OH is 1. The number of carbonyl (C=O) groups is 1. The van der Waals surface area contributed by atoms with Crippen LogP contribution < -0.4 is 10.9 Å². The molecule has 0 spiro atoms. The molecule has 0 saturated heterocycles. The van der Waals surface area contributed by atoms with E-state index in [1.54, 1.807) is 4.57 Å². The highest BCUT2D eigenvalue weighted by Crippen LogP contribution is 2.36. The largest absolute Gasteiger partial charge is 0.388 e. The summed E-state index contributed by atoms with van der Waals surface area (Å²) in [6.07, 6.45) is 2.84. The van der Waals surface area contributed by atoms with Crippen LogP contribution in [0.1, 0.15) is 40.8 Å². The molecule has 1 aliphatic carbocycles. The van der Waals surface area contributed by atoms with Gasteiger partial charge in [-0.3, -0.25) is 9.59 Å². The molecule has 3 N–H and O–H groups in total. The number of nitrogens with one attached hydrogen (secondary N) is 2. The third kappa shape index (κ3) is 2.99. The van der Waals surface area contributed by atoms with Crippen LogP contribution in [0.5, 0.6) is 0 Å². The molecule has 1 amide bonds. The monoisotopic (exact) mass is 337 g/mol. The fraction of sp³-hybridized carbons (Fsp3) is 0.429. The zero-order chi connectivity index (χ0) is 16.6. The minimum absolute atomic E-state index is 0.0141. The molecule has 1 aliphatic rings. The van der Waals surface area contributed by atoms with E-state index in [9.17, 15) is 9.59 Å². The number of pyridine rings is 1. The van der Waals surface area contributed by atoms with Gasteiger partial charge in [-0.05, 0) is 18.9 Å². The highest BCUT2D eigenvalue weighted by molar-refractivity contribution is 6.30. The highest BCUT2D eigenvalue weighted by Gasteiger charge is 2.35. The maximum absolute atomic E-state index is 12.1. The van der Waals surface area contributed by atoms with E-state index in [0.717, 1.165) is 18.7 Å². The van der Waals surface area contributed by atoms with Crippen molar-refractivity contribution in [2.75, 3.05) is 0 Å². The molecule has 8 nitrogen and oxygen atoms in total. The molecule has 2 heterocycles. The van der Waals surface area contributed by atoms with Gasteiger partial charge in [-0.1, -0.05) is 11.6 Å². The minimum Gasteiger partial charge on any atom is -0.388 e. The first-order chi connectivity index (χ1) is 11.0. The molecule has 0 aliphatic heterocycles. The second kappa shape index (κ2) is 6.13. The Morgan fingerprint density at radius 3 is 2.87 bits per heavy atom. The number of aromatic amines is 1. The van der Waals surface area contributed by atoms with Gasteiger partial charge in [-0.25, -0.2) is 0 Å². The quantitative estimate of drug-likeness (QED) is 0.744. The summed E-state index contributed by atoms with van der Waals surface area (Å²) in [5, 5.41) is 20.0. The predicted octanol–water partition coefficient (Wildman–Crippen LogP) is 0.325. The van der Waals surface area contributed by atoms with Crippen molar-refractivity contribution in [1.82, 2.24) is 25.1 Å². The molecule has 1 fully saturated rings. The van der Waals surface area contributed by atoms with Crippen LogP contribution in [-0.2, 0) is 13.7 Å². The zero-order valence-electron chi connectivity index (χ0n) is 12.4. The van der Waals surface area contributed by atoms with Gasteiger partial charge in [-0.15, -0.1) is 10.2 Å². The number of hydrogen-bond acceptors (Lipinski definition) is 5. The molecular weight excluding hydrogens is 322 g/mol. The standard InChI is InChI=1S/C14H16ClN5O3/c1-20-11(6-21)18-19-12(20)7-2-9(3-7)17-13(22)8-4-10(15)14(23)16-5-8/h4-5,7,9,21H,2-3,6H2,1H3,(H,16,23)(H,17,22). The first-order valence-corrected chi connectivity index (χ1v) is 7.55. The number of rotatable bonds is 4. The predicted molar refractivity (Wildman–Crippen MR) is 82.2 cm³/mol. The van der Waals surface area contributed by atoms with Crippen LogP contribution in [-0.4, -0.2) is 36.8 Å². The van der Waals surface area contributed by atoms with Crippen LogP contribution in [0.3, 0.4) is 0 Å². The van der Waals surface area contributed by atoms with E-state index in [-0.39, 0.29) is 29.5 Å². The van der Waals surface area contributed by atoms with E-state index in [1.165, 1.54) is 12.3 Å². The molecule has 122 valence electrons. The van der Waals surface area contributed by atoms with Gasteiger partial charge in [0.2, 0.25) is 0 Å². The molecule has 9 heteroatoms. The lowest BCUT2D eigenvalue weighted by molar-refractivity contribution is 0.0906. The highest BCUT2D eigenvalue weighted by atomic mass is 35.5. The van der Waals surface area contributed by atoms with Gasteiger partial charge in [0.25, 0.3) is 11.5 Å². The van der Waals surface area contributed by atoms with Crippen molar-refractivity contribution in [2.45, 2.75) is 31.4 Å². The van der Waals surface area contributed by atoms with Crippen LogP contribution in [0, 0.1) is 0 Å². The average Bonchev–Trinajstić information content (AvgIpc) is 2.85. The van der Waals surface area contributed by atoms with Gasteiger partial charge in [-0.2, -0.15) is 0 Å². The molecule has 23 heavy (non-hydrogen) atoms. The van der Waals surface area contributed by atoms with Gasteiger partial charge in [0, 0.05) is 25.2 Å². The average molecular weight is 338 g/mol. The smallest absolute Gasteiger partial charge is 0.266 e. The lowest BCUT2D eigenvalue weighted by Crippen LogP contribution is -2.44. The second-order valence-corrected chi connectivity index (χ2v) is 6.00. The van der Waals surface area contributed by atoms with Crippen LogP contribution in [0.25, 0.3) is 0 Å². The molecule has 2 aromatic rings. The Morgan fingerprint density at radius 2 is 2.26 bits per heavy atom. The lowest BCUT2D eigenvalue weighted by atomic mass is 9.79. The summed E-state index contributed by atoms with van der Waals surface area (Å²) in [4.78, 5) is 25.7. The molecule has 3 rings (SSSR count). The summed E-state index contributed by atoms with van der Waals surface area (Å²) < 4.78 is 1.78. The molecule has 0 unspecified atom stereocenters. The van der Waals surface area contributed by atoms with Gasteiger partial charge >= 0.3 is 0 Å². The summed E-state index contributed by atoms with van der Waals surface area (Å²) in [6.45, 7) is -0.149. The first kappa shape index (κ1) is 15.7. The molecule has 0 atom stereocenters. The Bertz CT molecular complexity index is 794. The van der Waals surface area contributed by atoms with Crippen molar-refractivity contribution in [3.63, 3.8) is 0 Å². The number of amides is 1. The molecule has 0 bridgehead atoms. The summed E-state index contributed by atoms with van der Waals surface area (Å²) in [5.41, 5.74) is -0.104. The third-order valence-corrected chi connectivity index (χ3v) is 4.38. The molecule has 0 radical (unpaired) electrons. The van der Waals surface area contributed by atoms with Crippen LogP contribution in [0.4, 0.5) is 0 Å². The van der Waals surface area contributed by atoms with E-state index in [0.29, 0.717) is 11.4 Å². The second-order valence-electron chi connectivity index (χ2n) is 5.60.